The summed E-state index contributed by atoms with van der Waals surface area (Å²) in [5.74, 6) is -2.23. The Balaban J connectivity index is 1.92. The zero-order valence-electron chi connectivity index (χ0n) is 12.7. The number of hydrogen-bond donors (Lipinski definition) is 2. The van der Waals surface area contributed by atoms with Gasteiger partial charge in [0.25, 0.3) is 11.5 Å². The molecular formula is C15H11ClN5O4+. The van der Waals surface area contributed by atoms with Crippen LogP contribution in [0.4, 0.5) is 5.69 Å². The lowest BCUT2D eigenvalue weighted by molar-refractivity contribution is -0.676. The predicted octanol–water partition coefficient (Wildman–Crippen LogP) is -0.483. The Morgan fingerprint density at radius 2 is 2.04 bits per heavy atom. The van der Waals surface area contributed by atoms with Crippen LogP contribution in [0.15, 0.2) is 18.2 Å². The van der Waals surface area contributed by atoms with Crippen LogP contribution in [0.2, 0.25) is 5.02 Å². The smallest absolute Gasteiger partial charge is 0.311 e. The van der Waals surface area contributed by atoms with Crippen LogP contribution in [-0.2, 0) is 9.47 Å². The highest BCUT2D eigenvalue weighted by Gasteiger charge is 2.97. The van der Waals surface area contributed by atoms with E-state index in [2.05, 4.69) is 17.1 Å². The molecule has 0 bridgehead atoms. The van der Waals surface area contributed by atoms with Gasteiger partial charge in [-0.1, -0.05) is 17.7 Å². The third kappa shape index (κ3) is 1.51. The van der Waals surface area contributed by atoms with Crippen LogP contribution in [0, 0.1) is 43.6 Å². The fourth-order valence-electron chi connectivity index (χ4n) is 4.17. The lowest BCUT2D eigenvalue weighted by Gasteiger charge is -2.23. The van der Waals surface area contributed by atoms with Gasteiger partial charge in [0.1, 0.15) is 5.02 Å². The van der Waals surface area contributed by atoms with Gasteiger partial charge in [-0.25, -0.2) is 4.99 Å². The van der Waals surface area contributed by atoms with Crippen LogP contribution in [0.1, 0.15) is 11.5 Å². The Hall–Kier alpha value is -2.72. The van der Waals surface area contributed by atoms with Gasteiger partial charge in [-0.05, 0) is 11.6 Å². The SMILES string of the molecule is N#C[C@@]12C(N)=[NH+]C3(OCCO3)[C@]1(C#N)[C@H]2c1ccc(Cl)c([N+](=O)[O-])c1. The van der Waals surface area contributed by atoms with E-state index in [9.17, 15) is 20.6 Å². The van der Waals surface area contributed by atoms with Gasteiger partial charge in [-0.2, -0.15) is 10.5 Å². The number of nitro groups is 1. The lowest BCUT2D eigenvalue weighted by Crippen LogP contribution is -2.89. The fourth-order valence-corrected chi connectivity index (χ4v) is 4.35. The molecule has 10 heteroatoms. The van der Waals surface area contributed by atoms with Gasteiger partial charge in [0, 0.05) is 12.0 Å². The number of nitrogens with two attached hydrogens (primary N) is 1. The van der Waals surface area contributed by atoms with E-state index in [4.69, 9.17) is 26.8 Å². The maximum absolute atomic E-state index is 11.2. The van der Waals surface area contributed by atoms with Crippen molar-refractivity contribution in [3.05, 3.63) is 38.9 Å². The Kier molecular flexibility index (Phi) is 2.95. The van der Waals surface area contributed by atoms with Crippen molar-refractivity contribution in [3.63, 3.8) is 0 Å². The molecule has 9 nitrogen and oxygen atoms in total. The molecule has 0 unspecified atom stereocenters. The molecule has 4 rings (SSSR count). The Labute approximate surface area is 146 Å². The maximum atomic E-state index is 11.2. The number of fused-ring (bicyclic) bond motifs is 2. The molecule has 3 atom stereocenters. The molecule has 1 saturated heterocycles. The zero-order valence-corrected chi connectivity index (χ0v) is 13.4. The third-order valence-corrected chi connectivity index (χ3v) is 5.51. The first-order valence-corrected chi connectivity index (χ1v) is 7.73. The van der Waals surface area contributed by atoms with Gasteiger partial charge < -0.3 is 9.47 Å². The standard InChI is InChI=1S/C15H10ClN5O4/c16-9-2-1-8(5-10(9)21(22)23)11-13(6-17)12(19)20-15(14(11,13)7-18)24-3-4-25-15/h1-2,5,11H,3-4H2,(H2,19,20)/p+1/t11-,13+,14+/m0/s1. The van der Waals surface area contributed by atoms with E-state index in [1.807, 2.05) is 0 Å². The number of benzene rings is 1. The van der Waals surface area contributed by atoms with Crippen LogP contribution in [0.5, 0.6) is 0 Å². The highest BCUT2D eigenvalue weighted by Crippen LogP contribution is 2.79. The average molecular weight is 361 g/mol. The van der Waals surface area contributed by atoms with Crippen molar-refractivity contribution in [3.8, 4) is 12.1 Å². The normalized spacial score (nSPS) is 34.0. The Morgan fingerprint density at radius 3 is 2.60 bits per heavy atom. The molecule has 1 saturated carbocycles. The van der Waals surface area contributed by atoms with E-state index in [1.54, 1.807) is 6.07 Å². The quantitative estimate of drug-likeness (QED) is 0.534. The molecule has 2 fully saturated rings. The first-order chi connectivity index (χ1) is 11.9. The van der Waals surface area contributed by atoms with Crippen LogP contribution < -0.4 is 10.7 Å². The first-order valence-electron chi connectivity index (χ1n) is 7.35. The predicted molar refractivity (Wildman–Crippen MR) is 81.7 cm³/mol. The van der Waals surface area contributed by atoms with Crippen molar-refractivity contribution >= 4 is 23.1 Å². The summed E-state index contributed by atoms with van der Waals surface area (Å²) in [5.41, 5.74) is 3.29. The van der Waals surface area contributed by atoms with Gasteiger partial charge >= 0.3 is 5.91 Å². The van der Waals surface area contributed by atoms with Gasteiger partial charge in [0.15, 0.2) is 10.8 Å². The van der Waals surface area contributed by atoms with Gasteiger partial charge in [0.2, 0.25) is 0 Å². The highest BCUT2D eigenvalue weighted by atomic mass is 35.5. The zero-order chi connectivity index (χ0) is 18.0. The molecule has 3 aliphatic rings. The van der Waals surface area contributed by atoms with E-state index in [0.717, 1.165) is 0 Å². The summed E-state index contributed by atoms with van der Waals surface area (Å²) < 4.78 is 11.3. The first kappa shape index (κ1) is 15.8. The number of hydrogen-bond acceptors (Lipinski definition) is 7. The molecule has 2 aliphatic heterocycles. The third-order valence-electron chi connectivity index (χ3n) is 5.19. The molecule has 126 valence electrons. The molecule has 1 aliphatic carbocycles. The number of nitrogens with one attached hydrogen (secondary N) is 1. The topological polar surface area (TPSA) is 149 Å². The van der Waals surface area contributed by atoms with E-state index in [-0.39, 0.29) is 29.8 Å². The van der Waals surface area contributed by atoms with Crippen molar-refractivity contribution in [2.75, 3.05) is 13.2 Å². The molecular weight excluding hydrogens is 350 g/mol. The summed E-state index contributed by atoms with van der Waals surface area (Å²) in [7, 11) is 0. The highest BCUT2D eigenvalue weighted by molar-refractivity contribution is 6.32. The summed E-state index contributed by atoms with van der Waals surface area (Å²) in [6.07, 6.45) is 0. The Bertz CT molecular complexity index is 929. The van der Waals surface area contributed by atoms with E-state index < -0.39 is 27.6 Å². The molecule has 0 aromatic heterocycles. The Morgan fingerprint density at radius 1 is 1.36 bits per heavy atom. The maximum Gasteiger partial charge on any atom is 0.343 e. The molecule has 1 spiro atoms. The molecule has 0 amide bonds. The minimum Gasteiger partial charge on any atom is -0.311 e. The number of rotatable bonds is 2. The van der Waals surface area contributed by atoms with Crippen molar-refractivity contribution in [1.82, 2.24) is 0 Å². The van der Waals surface area contributed by atoms with Gasteiger partial charge in [-0.3, -0.25) is 15.8 Å². The van der Waals surface area contributed by atoms with Gasteiger partial charge in [0.05, 0.1) is 30.3 Å². The largest absolute Gasteiger partial charge is 0.343 e. The number of halogens is 1. The molecule has 1 aromatic carbocycles. The lowest BCUT2D eigenvalue weighted by atomic mass is 9.94. The minimum atomic E-state index is -1.54. The van der Waals surface area contributed by atoms with E-state index in [1.165, 1.54) is 12.1 Å². The number of nitrogens with zero attached hydrogens (tertiary/aromatic N) is 3. The number of amidine groups is 1. The van der Waals surface area contributed by atoms with Crippen LogP contribution in [0.3, 0.4) is 0 Å². The molecule has 25 heavy (non-hydrogen) atoms. The summed E-state index contributed by atoms with van der Waals surface area (Å²) in [6, 6.07) is 8.43. The summed E-state index contributed by atoms with van der Waals surface area (Å²) in [6.45, 7) is 0.470. The second kappa shape index (κ2) is 4.67. The van der Waals surface area contributed by atoms with Crippen LogP contribution in [0.25, 0.3) is 0 Å². The van der Waals surface area contributed by atoms with Crippen molar-refractivity contribution in [2.45, 2.75) is 11.8 Å². The average Bonchev–Trinajstić information content (AvgIpc) is 2.83. The molecule has 1 aromatic rings. The van der Waals surface area contributed by atoms with Crippen molar-refractivity contribution in [2.24, 2.45) is 16.6 Å². The molecule has 2 heterocycles. The number of ether oxygens (including phenoxy) is 2. The minimum absolute atomic E-state index is 0.0327. The molecule has 0 radical (unpaired) electrons. The van der Waals surface area contributed by atoms with E-state index in [0.29, 0.717) is 5.56 Å². The second-order valence-electron chi connectivity index (χ2n) is 6.09. The molecule has 3 N–H and O–H groups in total. The van der Waals surface area contributed by atoms with Crippen molar-refractivity contribution < 1.29 is 19.4 Å². The van der Waals surface area contributed by atoms with Gasteiger partial charge in [-0.15, -0.1) is 0 Å². The van der Waals surface area contributed by atoms with Crippen molar-refractivity contribution in [1.29, 1.82) is 10.5 Å². The monoisotopic (exact) mass is 360 g/mol. The van der Waals surface area contributed by atoms with Crippen LogP contribution in [-0.4, -0.2) is 29.9 Å². The second-order valence-corrected chi connectivity index (χ2v) is 6.50. The summed E-state index contributed by atoms with van der Waals surface area (Å²) in [4.78, 5) is 13.4. The number of nitriles is 2. The summed E-state index contributed by atoms with van der Waals surface area (Å²) in [5, 5.41) is 30.9. The summed E-state index contributed by atoms with van der Waals surface area (Å²) >= 11 is 5.86. The van der Waals surface area contributed by atoms with Crippen LogP contribution >= 0.6 is 11.6 Å². The van der Waals surface area contributed by atoms with E-state index >= 15 is 0 Å². The fraction of sp³-hybridized carbons (Fsp3) is 0.400. The number of nitro benzene ring substituents is 1.